The number of primary amides is 1. The summed E-state index contributed by atoms with van der Waals surface area (Å²) in [6.07, 6.45) is 6.49. The van der Waals surface area contributed by atoms with E-state index >= 15 is 0 Å². The van der Waals surface area contributed by atoms with Crippen molar-refractivity contribution in [2.45, 2.75) is 56.1 Å². The van der Waals surface area contributed by atoms with E-state index in [4.69, 9.17) is 11.5 Å². The van der Waals surface area contributed by atoms with Crippen molar-refractivity contribution in [1.82, 2.24) is 9.80 Å². The zero-order chi connectivity index (χ0) is 13.5. The Bertz CT molecular complexity index is 355. The van der Waals surface area contributed by atoms with E-state index in [1.807, 2.05) is 0 Å². The monoisotopic (exact) mass is 266 g/mol. The second-order valence-electron chi connectivity index (χ2n) is 6.60. The van der Waals surface area contributed by atoms with Crippen molar-refractivity contribution in [3.8, 4) is 0 Å². The first-order valence-corrected chi connectivity index (χ1v) is 7.65. The van der Waals surface area contributed by atoms with E-state index < -0.39 is 5.54 Å². The van der Waals surface area contributed by atoms with Gasteiger partial charge >= 0.3 is 0 Å². The van der Waals surface area contributed by atoms with Crippen molar-refractivity contribution in [3.05, 3.63) is 0 Å². The van der Waals surface area contributed by atoms with Gasteiger partial charge in [-0.2, -0.15) is 0 Å². The molecule has 0 aromatic heterocycles. The Labute approximate surface area is 115 Å². The number of nitrogens with zero attached hydrogens (tertiary/aromatic N) is 2. The fourth-order valence-corrected chi connectivity index (χ4v) is 4.09. The third kappa shape index (κ3) is 2.51. The van der Waals surface area contributed by atoms with Gasteiger partial charge in [0, 0.05) is 25.2 Å². The lowest BCUT2D eigenvalue weighted by molar-refractivity contribution is -0.123. The molecule has 2 saturated heterocycles. The summed E-state index contributed by atoms with van der Waals surface area (Å²) in [7, 11) is 0. The van der Waals surface area contributed by atoms with Gasteiger partial charge < -0.3 is 11.5 Å². The first-order valence-electron chi connectivity index (χ1n) is 7.65. The summed E-state index contributed by atoms with van der Waals surface area (Å²) in [5, 5.41) is 0. The van der Waals surface area contributed by atoms with Crippen LogP contribution in [0.1, 0.15) is 38.5 Å². The van der Waals surface area contributed by atoms with Crippen LogP contribution in [-0.2, 0) is 4.79 Å². The average molecular weight is 266 g/mol. The van der Waals surface area contributed by atoms with Gasteiger partial charge in [0.1, 0.15) is 0 Å². The van der Waals surface area contributed by atoms with Gasteiger partial charge in [-0.05, 0) is 51.6 Å². The fourth-order valence-electron chi connectivity index (χ4n) is 4.09. The molecule has 2 aliphatic heterocycles. The summed E-state index contributed by atoms with van der Waals surface area (Å²) in [4.78, 5) is 16.6. The normalized spacial score (nSPS) is 41.1. The molecule has 3 aliphatic rings. The minimum absolute atomic E-state index is 0.328. The molecule has 3 unspecified atom stereocenters. The van der Waals surface area contributed by atoms with Gasteiger partial charge in [0.2, 0.25) is 5.91 Å². The SMILES string of the molecule is NC(=O)C1(N)CCC(N2CCC(N3CCCC3)C2)C1. The molecule has 2 heterocycles. The topological polar surface area (TPSA) is 75.6 Å². The van der Waals surface area contributed by atoms with Gasteiger partial charge in [0.05, 0.1) is 5.54 Å². The zero-order valence-corrected chi connectivity index (χ0v) is 11.7. The molecule has 0 aromatic rings. The summed E-state index contributed by atoms with van der Waals surface area (Å²) in [5.41, 5.74) is 10.8. The smallest absolute Gasteiger partial charge is 0.237 e. The molecule has 1 aliphatic carbocycles. The molecule has 3 rings (SSSR count). The predicted octanol–water partition coefficient (Wildman–Crippen LogP) is -0.108. The van der Waals surface area contributed by atoms with Gasteiger partial charge in [-0.15, -0.1) is 0 Å². The number of carbonyl (C=O) groups is 1. The number of nitrogens with two attached hydrogens (primary N) is 2. The average Bonchev–Trinajstić information content (AvgIpc) is 3.08. The summed E-state index contributed by atoms with van der Waals surface area (Å²) in [6, 6.07) is 1.19. The van der Waals surface area contributed by atoms with Crippen molar-refractivity contribution in [2.24, 2.45) is 11.5 Å². The van der Waals surface area contributed by atoms with Crippen LogP contribution in [0.4, 0.5) is 0 Å². The first-order chi connectivity index (χ1) is 9.08. The summed E-state index contributed by atoms with van der Waals surface area (Å²) in [6.45, 7) is 4.84. The molecule has 4 N–H and O–H groups in total. The number of likely N-dealkylation sites (tertiary alicyclic amines) is 2. The standard InChI is InChI=1S/C14H26N4O/c15-13(19)14(16)5-3-11(9-14)18-8-4-12(10-18)17-6-1-2-7-17/h11-12H,1-10,16H2,(H2,15,19). The largest absolute Gasteiger partial charge is 0.368 e. The molecule has 0 bridgehead atoms. The predicted molar refractivity (Wildman–Crippen MR) is 74.5 cm³/mol. The number of rotatable bonds is 3. The Kier molecular flexibility index (Phi) is 3.53. The lowest BCUT2D eigenvalue weighted by Gasteiger charge is -2.28. The molecule has 19 heavy (non-hydrogen) atoms. The Morgan fingerprint density at radius 3 is 2.42 bits per heavy atom. The Morgan fingerprint density at radius 1 is 1.05 bits per heavy atom. The van der Waals surface area contributed by atoms with Crippen LogP contribution in [0.2, 0.25) is 0 Å². The molecular weight excluding hydrogens is 240 g/mol. The molecule has 3 atom stereocenters. The van der Waals surface area contributed by atoms with E-state index in [1.54, 1.807) is 0 Å². The van der Waals surface area contributed by atoms with Crippen molar-refractivity contribution in [1.29, 1.82) is 0 Å². The number of hydrogen-bond donors (Lipinski definition) is 2. The number of hydrogen-bond acceptors (Lipinski definition) is 4. The highest BCUT2D eigenvalue weighted by Crippen LogP contribution is 2.33. The van der Waals surface area contributed by atoms with E-state index in [9.17, 15) is 4.79 Å². The third-order valence-corrected chi connectivity index (χ3v) is 5.38. The van der Waals surface area contributed by atoms with Crippen molar-refractivity contribution in [2.75, 3.05) is 26.2 Å². The molecular formula is C14H26N4O. The molecule has 0 aromatic carbocycles. The van der Waals surface area contributed by atoms with Crippen LogP contribution in [0.15, 0.2) is 0 Å². The number of amides is 1. The lowest BCUT2D eigenvalue weighted by Crippen LogP contribution is -2.51. The van der Waals surface area contributed by atoms with Gasteiger partial charge in [-0.25, -0.2) is 0 Å². The van der Waals surface area contributed by atoms with E-state index in [-0.39, 0.29) is 5.91 Å². The zero-order valence-electron chi connectivity index (χ0n) is 11.7. The number of carbonyl (C=O) groups excluding carboxylic acids is 1. The maximum atomic E-state index is 11.4. The highest BCUT2D eigenvalue weighted by Gasteiger charge is 2.44. The van der Waals surface area contributed by atoms with Crippen LogP contribution in [0.3, 0.4) is 0 Å². The summed E-state index contributed by atoms with van der Waals surface area (Å²) in [5.74, 6) is -0.328. The highest BCUT2D eigenvalue weighted by atomic mass is 16.1. The van der Waals surface area contributed by atoms with Gasteiger partial charge in [0.25, 0.3) is 0 Å². The van der Waals surface area contributed by atoms with E-state index in [0.717, 1.165) is 38.4 Å². The van der Waals surface area contributed by atoms with Crippen molar-refractivity contribution < 1.29 is 4.79 Å². The van der Waals surface area contributed by atoms with E-state index in [0.29, 0.717) is 6.04 Å². The molecule has 1 saturated carbocycles. The Hall–Kier alpha value is -0.650. The van der Waals surface area contributed by atoms with Crippen LogP contribution in [-0.4, -0.2) is 59.5 Å². The van der Waals surface area contributed by atoms with E-state index in [1.165, 1.54) is 32.4 Å². The van der Waals surface area contributed by atoms with Crippen LogP contribution in [0.25, 0.3) is 0 Å². The minimum atomic E-state index is -0.754. The van der Waals surface area contributed by atoms with Crippen molar-refractivity contribution in [3.63, 3.8) is 0 Å². The quantitative estimate of drug-likeness (QED) is 0.747. The lowest BCUT2D eigenvalue weighted by atomic mass is 9.98. The third-order valence-electron chi connectivity index (χ3n) is 5.38. The van der Waals surface area contributed by atoms with Crippen LogP contribution in [0.5, 0.6) is 0 Å². The molecule has 108 valence electrons. The second-order valence-corrected chi connectivity index (χ2v) is 6.60. The Balaban J connectivity index is 1.55. The minimum Gasteiger partial charge on any atom is -0.368 e. The summed E-state index contributed by atoms with van der Waals surface area (Å²) >= 11 is 0. The fraction of sp³-hybridized carbons (Fsp3) is 0.929. The van der Waals surface area contributed by atoms with Gasteiger partial charge in [-0.3, -0.25) is 14.6 Å². The highest BCUT2D eigenvalue weighted by molar-refractivity contribution is 5.84. The molecule has 0 radical (unpaired) electrons. The van der Waals surface area contributed by atoms with Gasteiger partial charge in [-0.1, -0.05) is 0 Å². The second kappa shape index (κ2) is 5.04. The van der Waals surface area contributed by atoms with Crippen LogP contribution in [0, 0.1) is 0 Å². The maximum Gasteiger partial charge on any atom is 0.237 e. The first kappa shape index (κ1) is 13.3. The Morgan fingerprint density at radius 2 is 1.79 bits per heavy atom. The van der Waals surface area contributed by atoms with Crippen LogP contribution >= 0.6 is 0 Å². The molecule has 5 nitrogen and oxygen atoms in total. The maximum absolute atomic E-state index is 11.4. The molecule has 1 amide bonds. The molecule has 5 heteroatoms. The molecule has 3 fully saturated rings. The molecule has 0 spiro atoms. The van der Waals surface area contributed by atoms with Crippen molar-refractivity contribution >= 4 is 5.91 Å². The van der Waals surface area contributed by atoms with E-state index in [2.05, 4.69) is 9.80 Å². The summed E-state index contributed by atoms with van der Waals surface area (Å²) < 4.78 is 0. The van der Waals surface area contributed by atoms with Crippen LogP contribution < -0.4 is 11.5 Å². The van der Waals surface area contributed by atoms with Gasteiger partial charge in [0.15, 0.2) is 0 Å².